The summed E-state index contributed by atoms with van der Waals surface area (Å²) in [6.45, 7) is 5.15. The quantitative estimate of drug-likeness (QED) is 0.934. The van der Waals surface area contributed by atoms with Gasteiger partial charge in [0.05, 0.1) is 0 Å². The standard InChI is InChI=1S/C15H18N4O2/c1-3-19-10(2)17-18-14(19)9-21-12-6-4-11-5-7-15(20)16-13(11)8-12/h4,6,8H,3,5,7,9H2,1-2H3,(H,16,20). The molecule has 1 aromatic heterocycles. The van der Waals surface area contributed by atoms with Crippen molar-refractivity contribution in [2.45, 2.75) is 39.8 Å². The average Bonchev–Trinajstić information content (AvgIpc) is 2.84. The summed E-state index contributed by atoms with van der Waals surface area (Å²) < 4.78 is 7.79. The molecule has 1 aliphatic rings. The molecule has 1 N–H and O–H groups in total. The number of ether oxygens (including phenoxy) is 1. The van der Waals surface area contributed by atoms with Crippen LogP contribution in [-0.4, -0.2) is 20.7 Å². The molecule has 0 spiro atoms. The number of benzene rings is 1. The monoisotopic (exact) mass is 286 g/mol. The molecule has 0 bridgehead atoms. The molecule has 1 amide bonds. The van der Waals surface area contributed by atoms with E-state index < -0.39 is 0 Å². The van der Waals surface area contributed by atoms with Gasteiger partial charge in [-0.1, -0.05) is 6.07 Å². The average molecular weight is 286 g/mol. The minimum Gasteiger partial charge on any atom is -0.486 e. The Hall–Kier alpha value is -2.37. The van der Waals surface area contributed by atoms with Crippen LogP contribution in [0.4, 0.5) is 5.69 Å². The van der Waals surface area contributed by atoms with Gasteiger partial charge in [-0.15, -0.1) is 10.2 Å². The van der Waals surface area contributed by atoms with Crippen molar-refractivity contribution in [3.63, 3.8) is 0 Å². The van der Waals surface area contributed by atoms with Crippen molar-refractivity contribution in [2.75, 3.05) is 5.32 Å². The zero-order valence-corrected chi connectivity index (χ0v) is 12.2. The Labute approximate surface area is 123 Å². The highest BCUT2D eigenvalue weighted by Gasteiger charge is 2.15. The number of hydrogen-bond donors (Lipinski definition) is 1. The molecule has 0 unspecified atom stereocenters. The highest BCUT2D eigenvalue weighted by Crippen LogP contribution is 2.27. The van der Waals surface area contributed by atoms with Gasteiger partial charge in [-0.25, -0.2) is 0 Å². The number of anilines is 1. The Morgan fingerprint density at radius 2 is 2.19 bits per heavy atom. The van der Waals surface area contributed by atoms with Gasteiger partial charge >= 0.3 is 0 Å². The third-order valence-electron chi connectivity index (χ3n) is 3.67. The zero-order chi connectivity index (χ0) is 14.8. The van der Waals surface area contributed by atoms with Crippen molar-refractivity contribution in [3.8, 4) is 5.75 Å². The first kappa shape index (κ1) is 13.6. The van der Waals surface area contributed by atoms with E-state index in [2.05, 4.69) is 15.5 Å². The van der Waals surface area contributed by atoms with E-state index in [4.69, 9.17) is 4.74 Å². The molecule has 2 heterocycles. The van der Waals surface area contributed by atoms with Gasteiger partial charge in [-0.05, 0) is 31.9 Å². The van der Waals surface area contributed by atoms with Crippen LogP contribution in [0.15, 0.2) is 18.2 Å². The summed E-state index contributed by atoms with van der Waals surface area (Å²) >= 11 is 0. The van der Waals surface area contributed by atoms with Crippen molar-refractivity contribution < 1.29 is 9.53 Å². The number of nitrogens with one attached hydrogen (secondary N) is 1. The third kappa shape index (κ3) is 2.74. The smallest absolute Gasteiger partial charge is 0.224 e. The van der Waals surface area contributed by atoms with Crippen LogP contribution in [-0.2, 0) is 24.4 Å². The lowest BCUT2D eigenvalue weighted by molar-refractivity contribution is -0.116. The fourth-order valence-corrected chi connectivity index (χ4v) is 2.53. The fourth-order valence-electron chi connectivity index (χ4n) is 2.53. The number of hydrogen-bond acceptors (Lipinski definition) is 4. The Kier molecular flexibility index (Phi) is 3.60. The molecule has 0 saturated heterocycles. The molecule has 1 aliphatic heterocycles. The van der Waals surface area contributed by atoms with Crippen LogP contribution in [0, 0.1) is 6.92 Å². The van der Waals surface area contributed by atoms with Gasteiger partial charge in [0, 0.05) is 24.7 Å². The second kappa shape index (κ2) is 5.55. The molecule has 6 heteroatoms. The predicted molar refractivity (Wildman–Crippen MR) is 78.2 cm³/mol. The van der Waals surface area contributed by atoms with Gasteiger partial charge in [0.1, 0.15) is 18.2 Å². The van der Waals surface area contributed by atoms with Crippen LogP contribution >= 0.6 is 0 Å². The number of amides is 1. The molecule has 3 rings (SSSR count). The first-order chi connectivity index (χ1) is 10.2. The van der Waals surface area contributed by atoms with Gasteiger partial charge < -0.3 is 14.6 Å². The number of carbonyl (C=O) groups is 1. The van der Waals surface area contributed by atoms with Crippen molar-refractivity contribution in [1.29, 1.82) is 0 Å². The normalized spacial score (nSPS) is 13.7. The molecule has 1 aromatic carbocycles. The summed E-state index contributed by atoms with van der Waals surface area (Å²) in [6.07, 6.45) is 1.33. The fraction of sp³-hybridized carbons (Fsp3) is 0.400. The minimum atomic E-state index is 0.0565. The summed E-state index contributed by atoms with van der Waals surface area (Å²) in [6, 6.07) is 5.79. The highest BCUT2D eigenvalue weighted by atomic mass is 16.5. The third-order valence-corrected chi connectivity index (χ3v) is 3.67. The molecule has 0 saturated carbocycles. The van der Waals surface area contributed by atoms with Crippen LogP contribution in [0.5, 0.6) is 5.75 Å². The molecule has 110 valence electrons. The summed E-state index contributed by atoms with van der Waals surface area (Å²) in [7, 11) is 0. The Morgan fingerprint density at radius 1 is 1.33 bits per heavy atom. The van der Waals surface area contributed by atoms with Crippen LogP contribution in [0.3, 0.4) is 0 Å². The van der Waals surface area contributed by atoms with E-state index in [9.17, 15) is 4.79 Å². The van der Waals surface area contributed by atoms with E-state index in [0.717, 1.165) is 41.6 Å². The van der Waals surface area contributed by atoms with Crippen molar-refractivity contribution in [2.24, 2.45) is 0 Å². The van der Waals surface area contributed by atoms with Crippen LogP contribution in [0.25, 0.3) is 0 Å². The second-order valence-corrected chi connectivity index (χ2v) is 5.06. The molecule has 0 radical (unpaired) electrons. The second-order valence-electron chi connectivity index (χ2n) is 5.06. The lowest BCUT2D eigenvalue weighted by atomic mass is 10.0. The van der Waals surface area contributed by atoms with E-state index >= 15 is 0 Å². The largest absolute Gasteiger partial charge is 0.486 e. The first-order valence-electron chi connectivity index (χ1n) is 7.11. The Balaban J connectivity index is 1.73. The maximum absolute atomic E-state index is 11.4. The van der Waals surface area contributed by atoms with Crippen molar-refractivity contribution in [3.05, 3.63) is 35.4 Å². The number of carbonyl (C=O) groups excluding carboxylic acids is 1. The number of nitrogens with zero attached hydrogens (tertiary/aromatic N) is 3. The summed E-state index contributed by atoms with van der Waals surface area (Å²) in [5.41, 5.74) is 1.99. The van der Waals surface area contributed by atoms with Gasteiger partial charge in [0.2, 0.25) is 5.91 Å². The van der Waals surface area contributed by atoms with E-state index in [1.165, 1.54) is 0 Å². The first-order valence-corrected chi connectivity index (χ1v) is 7.11. The van der Waals surface area contributed by atoms with Gasteiger partial charge in [0.25, 0.3) is 0 Å². The van der Waals surface area contributed by atoms with E-state index in [1.54, 1.807) is 0 Å². The number of rotatable bonds is 4. The number of fused-ring (bicyclic) bond motifs is 1. The maximum atomic E-state index is 11.4. The topological polar surface area (TPSA) is 69.0 Å². The summed E-state index contributed by atoms with van der Waals surface area (Å²) in [5, 5.41) is 11.0. The molecular formula is C15H18N4O2. The van der Waals surface area contributed by atoms with E-state index in [0.29, 0.717) is 13.0 Å². The lowest BCUT2D eigenvalue weighted by Gasteiger charge is -2.17. The zero-order valence-electron chi connectivity index (χ0n) is 12.2. The molecule has 0 fully saturated rings. The highest BCUT2D eigenvalue weighted by molar-refractivity contribution is 5.94. The van der Waals surface area contributed by atoms with Gasteiger partial charge in [-0.2, -0.15) is 0 Å². The lowest BCUT2D eigenvalue weighted by Crippen LogP contribution is -2.18. The molecule has 6 nitrogen and oxygen atoms in total. The van der Waals surface area contributed by atoms with Crippen molar-refractivity contribution in [1.82, 2.24) is 14.8 Å². The van der Waals surface area contributed by atoms with E-state index in [1.807, 2.05) is 36.6 Å². The summed E-state index contributed by atoms with van der Waals surface area (Å²) in [5.74, 6) is 2.46. The number of aryl methyl sites for hydroxylation is 2. The molecule has 0 aliphatic carbocycles. The molecule has 21 heavy (non-hydrogen) atoms. The SMILES string of the molecule is CCn1c(C)nnc1COc1ccc2c(c1)NC(=O)CC2. The Morgan fingerprint density at radius 3 is 3.00 bits per heavy atom. The van der Waals surface area contributed by atoms with Crippen LogP contribution < -0.4 is 10.1 Å². The minimum absolute atomic E-state index is 0.0565. The molecular weight excluding hydrogens is 268 g/mol. The van der Waals surface area contributed by atoms with Crippen molar-refractivity contribution >= 4 is 11.6 Å². The van der Waals surface area contributed by atoms with Crippen LogP contribution in [0.1, 0.15) is 30.6 Å². The Bertz CT molecular complexity index is 678. The maximum Gasteiger partial charge on any atom is 0.224 e. The number of aromatic nitrogens is 3. The van der Waals surface area contributed by atoms with Crippen LogP contribution in [0.2, 0.25) is 0 Å². The molecule has 2 aromatic rings. The summed E-state index contributed by atoms with van der Waals surface area (Å²) in [4.78, 5) is 11.4. The van der Waals surface area contributed by atoms with Gasteiger partial charge in [0.15, 0.2) is 5.82 Å². The predicted octanol–water partition coefficient (Wildman–Crippen LogP) is 2.07. The molecule has 0 atom stereocenters. The van der Waals surface area contributed by atoms with Gasteiger partial charge in [-0.3, -0.25) is 4.79 Å². The van der Waals surface area contributed by atoms with E-state index in [-0.39, 0.29) is 5.91 Å².